The first-order valence-electron chi connectivity index (χ1n) is 5.28. The molecule has 0 saturated carbocycles. The van der Waals surface area contributed by atoms with Gasteiger partial charge in [0.1, 0.15) is 0 Å². The molecule has 0 aliphatic carbocycles. The molecule has 0 atom stereocenters. The van der Waals surface area contributed by atoms with Crippen molar-refractivity contribution in [3.8, 4) is 11.1 Å². The molecule has 92 valence electrons. The van der Waals surface area contributed by atoms with E-state index in [1.54, 1.807) is 18.2 Å². The minimum Gasteiger partial charge on any atom is -0.478 e. The molecule has 4 heteroatoms. The van der Waals surface area contributed by atoms with Gasteiger partial charge in [-0.25, -0.2) is 4.79 Å². The molecule has 0 fully saturated rings. The van der Waals surface area contributed by atoms with Crippen molar-refractivity contribution >= 4 is 29.2 Å². The second-order valence-electron chi connectivity index (χ2n) is 3.95. The van der Waals surface area contributed by atoms with E-state index in [4.69, 9.17) is 28.3 Å². The van der Waals surface area contributed by atoms with Crippen LogP contribution in [0.2, 0.25) is 10.0 Å². The molecule has 0 aliphatic heterocycles. The summed E-state index contributed by atoms with van der Waals surface area (Å²) in [5.74, 6) is -1.00. The molecule has 18 heavy (non-hydrogen) atoms. The van der Waals surface area contributed by atoms with Crippen molar-refractivity contribution in [2.24, 2.45) is 0 Å². The number of aromatic carboxylic acids is 1. The Labute approximate surface area is 115 Å². The van der Waals surface area contributed by atoms with E-state index in [0.29, 0.717) is 10.0 Å². The molecule has 0 amide bonds. The van der Waals surface area contributed by atoms with E-state index < -0.39 is 5.97 Å². The molecule has 0 bridgehead atoms. The van der Waals surface area contributed by atoms with Crippen LogP contribution in [0, 0.1) is 6.92 Å². The van der Waals surface area contributed by atoms with E-state index in [-0.39, 0.29) is 5.56 Å². The quantitative estimate of drug-likeness (QED) is 0.868. The van der Waals surface area contributed by atoms with Gasteiger partial charge in [-0.05, 0) is 47.9 Å². The number of benzene rings is 2. The maximum Gasteiger partial charge on any atom is 0.335 e. The number of carboxylic acids is 1. The van der Waals surface area contributed by atoms with Crippen LogP contribution < -0.4 is 0 Å². The highest BCUT2D eigenvalue weighted by Crippen LogP contribution is 2.30. The van der Waals surface area contributed by atoms with Crippen LogP contribution in [-0.2, 0) is 0 Å². The molecule has 2 nitrogen and oxygen atoms in total. The summed E-state index contributed by atoms with van der Waals surface area (Å²) in [7, 11) is 0. The van der Waals surface area contributed by atoms with Crippen molar-refractivity contribution in [3.63, 3.8) is 0 Å². The normalized spacial score (nSPS) is 10.4. The lowest BCUT2D eigenvalue weighted by Crippen LogP contribution is -1.97. The Balaban J connectivity index is 2.64. The molecule has 1 N–H and O–H groups in total. The maximum absolute atomic E-state index is 11.0. The van der Waals surface area contributed by atoms with Gasteiger partial charge in [-0.2, -0.15) is 0 Å². The highest BCUT2D eigenvalue weighted by Gasteiger charge is 2.10. The van der Waals surface area contributed by atoms with Crippen LogP contribution in [0.1, 0.15) is 15.9 Å². The number of hydrogen-bond acceptors (Lipinski definition) is 1. The van der Waals surface area contributed by atoms with E-state index in [9.17, 15) is 4.79 Å². The molecule has 2 aromatic rings. The summed E-state index contributed by atoms with van der Waals surface area (Å²) in [6.45, 7) is 1.89. The molecule has 0 aromatic heterocycles. The summed E-state index contributed by atoms with van der Waals surface area (Å²) in [4.78, 5) is 11.0. The highest BCUT2D eigenvalue weighted by atomic mass is 35.5. The van der Waals surface area contributed by atoms with Gasteiger partial charge in [0.15, 0.2) is 0 Å². The average molecular weight is 281 g/mol. The third-order valence-corrected chi connectivity index (χ3v) is 3.35. The number of carbonyl (C=O) groups is 1. The molecule has 2 aromatic carbocycles. The summed E-state index contributed by atoms with van der Waals surface area (Å²) in [6, 6.07) is 10.3. The minimum atomic E-state index is -1.00. The van der Waals surface area contributed by atoms with Crippen molar-refractivity contribution in [2.45, 2.75) is 6.92 Å². The molecule has 0 unspecified atom stereocenters. The van der Waals surface area contributed by atoms with Crippen LogP contribution in [0.15, 0.2) is 36.4 Å². The lowest BCUT2D eigenvalue weighted by Gasteiger charge is -2.09. The van der Waals surface area contributed by atoms with Crippen LogP contribution >= 0.6 is 23.2 Å². The van der Waals surface area contributed by atoms with Gasteiger partial charge >= 0.3 is 5.97 Å². The van der Waals surface area contributed by atoms with Crippen LogP contribution in [0.25, 0.3) is 11.1 Å². The minimum absolute atomic E-state index is 0.164. The molecule has 0 heterocycles. The van der Waals surface area contributed by atoms with Crippen molar-refractivity contribution in [1.29, 1.82) is 0 Å². The summed E-state index contributed by atoms with van der Waals surface area (Å²) >= 11 is 12.0. The van der Waals surface area contributed by atoms with Crippen LogP contribution in [0.5, 0.6) is 0 Å². The second-order valence-corrected chi connectivity index (χ2v) is 4.79. The van der Waals surface area contributed by atoms with Crippen LogP contribution in [0.3, 0.4) is 0 Å². The Bertz CT molecular complexity index is 621. The largest absolute Gasteiger partial charge is 0.478 e. The van der Waals surface area contributed by atoms with Gasteiger partial charge in [0.05, 0.1) is 5.56 Å². The fourth-order valence-corrected chi connectivity index (χ4v) is 2.20. The van der Waals surface area contributed by atoms with Crippen molar-refractivity contribution < 1.29 is 9.90 Å². The molecular formula is C14H10Cl2O2. The van der Waals surface area contributed by atoms with Crippen LogP contribution in [-0.4, -0.2) is 11.1 Å². The monoisotopic (exact) mass is 280 g/mol. The van der Waals surface area contributed by atoms with Crippen molar-refractivity contribution in [2.75, 3.05) is 0 Å². The Kier molecular flexibility index (Phi) is 3.60. The number of halogens is 2. The highest BCUT2D eigenvalue weighted by molar-refractivity contribution is 6.32. The summed E-state index contributed by atoms with van der Waals surface area (Å²) in [5, 5.41) is 10.1. The molecular weight excluding hydrogens is 271 g/mol. The summed E-state index contributed by atoms with van der Waals surface area (Å²) in [6.07, 6.45) is 0. The van der Waals surface area contributed by atoms with Gasteiger partial charge in [-0.1, -0.05) is 35.3 Å². The lowest BCUT2D eigenvalue weighted by molar-refractivity contribution is 0.0697. The Hall–Kier alpha value is -1.51. The first-order chi connectivity index (χ1) is 8.49. The molecule has 0 radical (unpaired) electrons. The second kappa shape index (κ2) is 5.01. The van der Waals surface area contributed by atoms with E-state index in [2.05, 4.69) is 0 Å². The van der Waals surface area contributed by atoms with E-state index in [1.807, 2.05) is 19.1 Å². The lowest BCUT2D eigenvalue weighted by atomic mass is 9.99. The molecule has 2 rings (SSSR count). The number of rotatable bonds is 2. The summed E-state index contributed by atoms with van der Waals surface area (Å²) in [5.41, 5.74) is 2.70. The van der Waals surface area contributed by atoms with Crippen LogP contribution in [0.4, 0.5) is 0 Å². The Morgan fingerprint density at radius 1 is 1.17 bits per heavy atom. The first-order valence-corrected chi connectivity index (χ1v) is 6.04. The van der Waals surface area contributed by atoms with Gasteiger partial charge < -0.3 is 5.11 Å². The van der Waals surface area contributed by atoms with Gasteiger partial charge in [0.2, 0.25) is 0 Å². The van der Waals surface area contributed by atoms with Gasteiger partial charge in [-0.15, -0.1) is 0 Å². The van der Waals surface area contributed by atoms with Gasteiger partial charge in [0.25, 0.3) is 0 Å². The van der Waals surface area contributed by atoms with Crippen molar-refractivity contribution in [3.05, 3.63) is 57.6 Å². The standard InChI is InChI=1S/C14H10Cl2O2/c1-8-12(3-2-4-13(8)16)9-5-10(14(17)18)7-11(15)6-9/h2-7H,1H3,(H,17,18). The van der Waals surface area contributed by atoms with E-state index in [1.165, 1.54) is 6.07 Å². The number of hydrogen-bond donors (Lipinski definition) is 1. The van der Waals surface area contributed by atoms with E-state index >= 15 is 0 Å². The Morgan fingerprint density at radius 3 is 2.56 bits per heavy atom. The molecule has 0 saturated heterocycles. The third-order valence-electron chi connectivity index (χ3n) is 2.72. The first kappa shape index (κ1) is 12.9. The van der Waals surface area contributed by atoms with E-state index in [0.717, 1.165) is 16.7 Å². The molecule has 0 spiro atoms. The number of carboxylic acid groups (broad SMARTS) is 1. The van der Waals surface area contributed by atoms with Crippen molar-refractivity contribution in [1.82, 2.24) is 0 Å². The van der Waals surface area contributed by atoms with Gasteiger partial charge in [0, 0.05) is 10.0 Å². The predicted molar refractivity (Wildman–Crippen MR) is 73.6 cm³/mol. The van der Waals surface area contributed by atoms with Gasteiger partial charge in [-0.3, -0.25) is 0 Å². The Morgan fingerprint density at radius 2 is 1.89 bits per heavy atom. The molecule has 0 aliphatic rings. The smallest absolute Gasteiger partial charge is 0.335 e. The third kappa shape index (κ3) is 2.50. The summed E-state index contributed by atoms with van der Waals surface area (Å²) < 4.78 is 0. The fourth-order valence-electron chi connectivity index (χ4n) is 1.79. The average Bonchev–Trinajstić information content (AvgIpc) is 2.31. The fraction of sp³-hybridized carbons (Fsp3) is 0.0714. The zero-order chi connectivity index (χ0) is 13.3. The zero-order valence-corrected chi connectivity index (χ0v) is 11.1. The zero-order valence-electron chi connectivity index (χ0n) is 9.58. The topological polar surface area (TPSA) is 37.3 Å². The maximum atomic E-state index is 11.0. The predicted octanol–water partition coefficient (Wildman–Crippen LogP) is 4.67. The SMILES string of the molecule is Cc1c(Cl)cccc1-c1cc(Cl)cc(C(=O)O)c1.